The van der Waals surface area contributed by atoms with Crippen molar-refractivity contribution in [2.24, 2.45) is 0 Å². The van der Waals surface area contributed by atoms with Gasteiger partial charge in [0, 0.05) is 5.25 Å². The average Bonchev–Trinajstić information content (AvgIpc) is 2.49. The molecule has 1 heterocycles. The van der Waals surface area contributed by atoms with Gasteiger partial charge < -0.3 is 5.11 Å². The molecule has 0 amide bonds. The van der Waals surface area contributed by atoms with Crippen LogP contribution in [-0.4, -0.2) is 16.1 Å². The van der Waals surface area contributed by atoms with E-state index in [0.29, 0.717) is 12.0 Å². The molecular weight excluding hydrogens is 199 g/mol. The lowest BCUT2D eigenvalue weighted by Crippen LogP contribution is -2.31. The Hall–Kier alpha value is -0.540. The molecule has 0 unspecified atom stereocenters. The number of halogens is 1. The lowest BCUT2D eigenvalue weighted by Gasteiger charge is -2.27. The maximum absolute atomic E-state index is 13.0. The Bertz CT molecular complexity index is 342. The SMILES string of the molecule is C[C@H]1SCC[C@]1(O)c1cccc(F)c1. The predicted octanol–water partition coefficient (Wildman–Crippen LogP) is 2.54. The summed E-state index contributed by atoms with van der Waals surface area (Å²) >= 11 is 1.73. The fourth-order valence-corrected chi connectivity index (χ4v) is 3.18. The summed E-state index contributed by atoms with van der Waals surface area (Å²) in [4.78, 5) is 0. The summed E-state index contributed by atoms with van der Waals surface area (Å²) in [6, 6.07) is 6.28. The van der Waals surface area contributed by atoms with Gasteiger partial charge in [0.25, 0.3) is 0 Å². The molecule has 2 atom stereocenters. The van der Waals surface area contributed by atoms with Crippen molar-refractivity contribution < 1.29 is 9.50 Å². The van der Waals surface area contributed by atoms with Gasteiger partial charge in [-0.15, -0.1) is 0 Å². The van der Waals surface area contributed by atoms with E-state index in [0.717, 1.165) is 5.75 Å². The molecule has 3 heteroatoms. The van der Waals surface area contributed by atoms with Crippen LogP contribution in [0, 0.1) is 5.82 Å². The fourth-order valence-electron chi connectivity index (χ4n) is 1.87. The largest absolute Gasteiger partial charge is 0.384 e. The van der Waals surface area contributed by atoms with Gasteiger partial charge in [0.15, 0.2) is 0 Å². The second-order valence-electron chi connectivity index (χ2n) is 3.70. The van der Waals surface area contributed by atoms with Gasteiger partial charge in [0.05, 0.1) is 0 Å². The first-order valence-electron chi connectivity index (χ1n) is 4.73. The Morgan fingerprint density at radius 3 is 2.93 bits per heavy atom. The Morgan fingerprint density at radius 2 is 2.36 bits per heavy atom. The molecule has 0 spiro atoms. The van der Waals surface area contributed by atoms with Crippen LogP contribution in [0.25, 0.3) is 0 Å². The van der Waals surface area contributed by atoms with E-state index in [1.165, 1.54) is 12.1 Å². The highest BCUT2D eigenvalue weighted by atomic mass is 32.2. The van der Waals surface area contributed by atoms with Gasteiger partial charge in [-0.2, -0.15) is 11.8 Å². The van der Waals surface area contributed by atoms with Crippen LogP contribution in [-0.2, 0) is 5.60 Å². The minimum Gasteiger partial charge on any atom is -0.384 e. The maximum Gasteiger partial charge on any atom is 0.123 e. The molecule has 0 aliphatic carbocycles. The van der Waals surface area contributed by atoms with Crippen molar-refractivity contribution in [2.45, 2.75) is 24.2 Å². The highest BCUT2D eigenvalue weighted by molar-refractivity contribution is 8.00. The highest BCUT2D eigenvalue weighted by Gasteiger charge is 2.40. The molecule has 1 aliphatic rings. The minimum atomic E-state index is -0.841. The van der Waals surface area contributed by atoms with Crippen molar-refractivity contribution in [3.8, 4) is 0 Å². The van der Waals surface area contributed by atoms with Gasteiger partial charge in [-0.1, -0.05) is 19.1 Å². The van der Waals surface area contributed by atoms with Gasteiger partial charge >= 0.3 is 0 Å². The lowest BCUT2D eigenvalue weighted by atomic mass is 9.88. The van der Waals surface area contributed by atoms with Crippen LogP contribution < -0.4 is 0 Å². The molecule has 0 bridgehead atoms. The summed E-state index contributed by atoms with van der Waals surface area (Å²) in [5.74, 6) is 0.661. The molecule has 14 heavy (non-hydrogen) atoms. The summed E-state index contributed by atoms with van der Waals surface area (Å²) in [7, 11) is 0. The standard InChI is InChI=1S/C11H13FOS/c1-8-11(13,5-6-14-8)9-3-2-4-10(12)7-9/h2-4,7-8,13H,5-6H2,1H3/t8-,11-/m1/s1. The predicted molar refractivity (Wildman–Crippen MR) is 56.8 cm³/mol. The van der Waals surface area contributed by atoms with E-state index in [1.807, 2.05) is 6.92 Å². The van der Waals surface area contributed by atoms with Gasteiger partial charge in [-0.05, 0) is 29.9 Å². The van der Waals surface area contributed by atoms with Crippen LogP contribution in [0.5, 0.6) is 0 Å². The van der Waals surface area contributed by atoms with Crippen molar-refractivity contribution in [1.29, 1.82) is 0 Å². The highest BCUT2D eigenvalue weighted by Crippen LogP contribution is 2.42. The van der Waals surface area contributed by atoms with Crippen LogP contribution in [0.3, 0.4) is 0 Å². The van der Waals surface area contributed by atoms with Crippen LogP contribution >= 0.6 is 11.8 Å². The Balaban J connectivity index is 2.38. The Kier molecular flexibility index (Phi) is 2.54. The number of benzene rings is 1. The first-order valence-corrected chi connectivity index (χ1v) is 5.78. The number of thioether (sulfide) groups is 1. The monoisotopic (exact) mass is 212 g/mol. The van der Waals surface area contributed by atoms with E-state index < -0.39 is 5.60 Å². The summed E-state index contributed by atoms with van der Waals surface area (Å²) in [5.41, 5.74) is -0.137. The Morgan fingerprint density at radius 1 is 1.57 bits per heavy atom. The van der Waals surface area contributed by atoms with E-state index in [2.05, 4.69) is 0 Å². The summed E-state index contributed by atoms with van der Waals surface area (Å²) < 4.78 is 13.0. The van der Waals surface area contributed by atoms with E-state index in [-0.39, 0.29) is 11.1 Å². The van der Waals surface area contributed by atoms with Crippen molar-refractivity contribution in [3.05, 3.63) is 35.6 Å². The quantitative estimate of drug-likeness (QED) is 0.772. The summed E-state index contributed by atoms with van der Waals surface area (Å²) in [6.07, 6.45) is 0.711. The molecule has 1 aromatic rings. The third-order valence-electron chi connectivity index (χ3n) is 2.85. The van der Waals surface area contributed by atoms with Crippen molar-refractivity contribution >= 4 is 11.8 Å². The third kappa shape index (κ3) is 1.55. The molecule has 1 saturated heterocycles. The van der Waals surface area contributed by atoms with Gasteiger partial charge in [-0.3, -0.25) is 0 Å². The number of hydrogen-bond acceptors (Lipinski definition) is 2. The Labute approximate surface area is 87.3 Å². The second-order valence-corrected chi connectivity index (χ2v) is 5.15. The van der Waals surface area contributed by atoms with Crippen molar-refractivity contribution in [3.63, 3.8) is 0 Å². The molecule has 0 saturated carbocycles. The smallest absolute Gasteiger partial charge is 0.123 e. The normalized spacial score (nSPS) is 32.1. The van der Waals surface area contributed by atoms with Crippen molar-refractivity contribution in [1.82, 2.24) is 0 Å². The van der Waals surface area contributed by atoms with Crippen LogP contribution in [0.4, 0.5) is 4.39 Å². The van der Waals surface area contributed by atoms with Gasteiger partial charge in [0.1, 0.15) is 11.4 Å². The molecule has 0 aromatic heterocycles. The van der Waals surface area contributed by atoms with E-state index in [1.54, 1.807) is 23.9 Å². The molecule has 1 aromatic carbocycles. The second kappa shape index (κ2) is 3.55. The summed E-state index contributed by atoms with van der Waals surface area (Å²) in [5, 5.41) is 10.5. The van der Waals surface area contributed by atoms with Crippen LogP contribution in [0.15, 0.2) is 24.3 Å². The van der Waals surface area contributed by atoms with Crippen LogP contribution in [0.2, 0.25) is 0 Å². The van der Waals surface area contributed by atoms with Gasteiger partial charge in [0.2, 0.25) is 0 Å². The number of hydrogen-bond donors (Lipinski definition) is 1. The molecular formula is C11H13FOS. The first-order chi connectivity index (χ1) is 6.63. The van der Waals surface area contributed by atoms with E-state index >= 15 is 0 Å². The van der Waals surface area contributed by atoms with E-state index in [9.17, 15) is 9.50 Å². The lowest BCUT2D eigenvalue weighted by molar-refractivity contribution is 0.0424. The average molecular weight is 212 g/mol. The zero-order chi connectivity index (χ0) is 10.2. The zero-order valence-corrected chi connectivity index (χ0v) is 8.85. The summed E-state index contributed by atoms with van der Waals surface area (Å²) in [6.45, 7) is 1.99. The fraction of sp³-hybridized carbons (Fsp3) is 0.455. The zero-order valence-electron chi connectivity index (χ0n) is 8.03. The maximum atomic E-state index is 13.0. The topological polar surface area (TPSA) is 20.2 Å². The molecule has 2 rings (SSSR count). The van der Waals surface area contributed by atoms with Crippen LogP contribution in [0.1, 0.15) is 18.9 Å². The number of aliphatic hydroxyl groups is 1. The molecule has 1 aliphatic heterocycles. The minimum absolute atomic E-state index is 0.143. The van der Waals surface area contributed by atoms with E-state index in [4.69, 9.17) is 0 Å². The molecule has 0 radical (unpaired) electrons. The molecule has 1 N–H and O–H groups in total. The van der Waals surface area contributed by atoms with Crippen molar-refractivity contribution in [2.75, 3.05) is 5.75 Å². The van der Waals surface area contributed by atoms with Gasteiger partial charge in [-0.25, -0.2) is 4.39 Å². The number of rotatable bonds is 1. The molecule has 1 nitrogen and oxygen atoms in total. The molecule has 76 valence electrons. The third-order valence-corrected chi connectivity index (χ3v) is 4.18. The molecule has 1 fully saturated rings. The first kappa shape index (κ1) is 9.99.